The summed E-state index contributed by atoms with van der Waals surface area (Å²) in [6.45, 7) is -2.95. The molecule has 1 aromatic heterocycles. The number of ether oxygens (including phenoxy) is 1. The SMILES string of the molecule is C[n+]1ccn(CCOCC(F)(F)C(F)(F)C(F)(F)C(F)(F)F)c1. The minimum atomic E-state index is -6.89. The van der Waals surface area contributed by atoms with Crippen LogP contribution in [0.2, 0.25) is 0 Å². The minimum absolute atomic E-state index is 0.0852. The first-order valence-electron chi connectivity index (χ1n) is 6.01. The van der Waals surface area contributed by atoms with E-state index in [-0.39, 0.29) is 6.54 Å². The van der Waals surface area contributed by atoms with Crippen LogP contribution in [-0.4, -0.2) is 41.7 Å². The standard InChI is InChI=1S/C11H12F9N2O/c1-21-2-3-22(7-21)4-5-23-6-8(12,13)9(14,15)10(16,17)11(18,19)20/h2-3,7H,4-6H2,1H3/q+1. The third-order valence-electron chi connectivity index (χ3n) is 2.81. The van der Waals surface area contributed by atoms with E-state index in [0.717, 1.165) is 0 Å². The summed E-state index contributed by atoms with van der Waals surface area (Å²) >= 11 is 0. The van der Waals surface area contributed by atoms with Gasteiger partial charge >= 0.3 is 23.9 Å². The van der Waals surface area contributed by atoms with Gasteiger partial charge in [0, 0.05) is 0 Å². The monoisotopic (exact) mass is 359 g/mol. The van der Waals surface area contributed by atoms with E-state index in [4.69, 9.17) is 0 Å². The molecule has 0 aliphatic heterocycles. The van der Waals surface area contributed by atoms with Crippen LogP contribution in [0.5, 0.6) is 0 Å². The maximum Gasteiger partial charge on any atom is 0.460 e. The molecule has 0 aliphatic rings. The minimum Gasteiger partial charge on any atom is -0.371 e. The van der Waals surface area contributed by atoms with Gasteiger partial charge in [-0.15, -0.1) is 0 Å². The molecule has 0 bridgehead atoms. The quantitative estimate of drug-likeness (QED) is 0.416. The molecule has 0 aliphatic carbocycles. The molecule has 0 fully saturated rings. The molecule has 0 amide bonds. The summed E-state index contributed by atoms with van der Waals surface area (Å²) in [5.41, 5.74) is 0. The highest BCUT2D eigenvalue weighted by molar-refractivity contribution is 5.00. The van der Waals surface area contributed by atoms with Crippen LogP contribution in [0.4, 0.5) is 39.5 Å². The van der Waals surface area contributed by atoms with Crippen molar-refractivity contribution in [3.63, 3.8) is 0 Å². The fourth-order valence-corrected chi connectivity index (χ4v) is 1.50. The highest BCUT2D eigenvalue weighted by atomic mass is 19.4. The molecule has 1 rings (SSSR count). The Morgan fingerprint density at radius 3 is 1.96 bits per heavy atom. The first-order chi connectivity index (χ1) is 10.2. The third kappa shape index (κ3) is 3.90. The summed E-state index contributed by atoms with van der Waals surface area (Å²) in [6.07, 6.45) is -2.30. The van der Waals surface area contributed by atoms with Crippen LogP contribution in [0.3, 0.4) is 0 Å². The molecule has 0 saturated heterocycles. The van der Waals surface area contributed by atoms with Crippen LogP contribution < -0.4 is 4.57 Å². The van der Waals surface area contributed by atoms with Crippen LogP contribution in [-0.2, 0) is 18.3 Å². The van der Waals surface area contributed by atoms with Gasteiger partial charge in [0.2, 0.25) is 6.33 Å². The number of hydrogen-bond acceptors (Lipinski definition) is 1. The van der Waals surface area contributed by atoms with E-state index < -0.39 is 37.2 Å². The number of halogens is 9. The van der Waals surface area contributed by atoms with E-state index in [0.29, 0.717) is 0 Å². The van der Waals surface area contributed by atoms with Crippen molar-refractivity contribution in [3.05, 3.63) is 18.7 Å². The summed E-state index contributed by atoms with van der Waals surface area (Å²) in [5.74, 6) is -19.2. The molecular weight excluding hydrogens is 347 g/mol. The zero-order chi connectivity index (χ0) is 18.1. The molecule has 0 N–H and O–H groups in total. The number of aromatic nitrogens is 2. The molecule has 0 radical (unpaired) electrons. The zero-order valence-corrected chi connectivity index (χ0v) is 11.6. The second-order valence-electron chi connectivity index (χ2n) is 4.72. The Kier molecular flexibility index (Phi) is 5.29. The van der Waals surface area contributed by atoms with Crippen molar-refractivity contribution in [1.82, 2.24) is 4.57 Å². The van der Waals surface area contributed by atoms with Gasteiger partial charge in [0.15, 0.2) is 0 Å². The Hall–Kier alpha value is -1.46. The summed E-state index contributed by atoms with van der Waals surface area (Å²) in [5, 5.41) is 0. The molecule has 23 heavy (non-hydrogen) atoms. The predicted octanol–water partition coefficient (Wildman–Crippen LogP) is 2.80. The molecule has 0 atom stereocenters. The lowest BCUT2D eigenvalue weighted by Gasteiger charge is -2.33. The van der Waals surface area contributed by atoms with E-state index in [1.54, 1.807) is 17.8 Å². The van der Waals surface area contributed by atoms with Gasteiger partial charge in [-0.1, -0.05) is 0 Å². The Balaban J connectivity index is 2.66. The van der Waals surface area contributed by atoms with Crippen molar-refractivity contribution < 1.29 is 48.8 Å². The molecule has 0 aromatic carbocycles. The van der Waals surface area contributed by atoms with Crippen molar-refractivity contribution >= 4 is 0 Å². The summed E-state index contributed by atoms with van der Waals surface area (Å²) in [6, 6.07) is 0. The molecule has 3 nitrogen and oxygen atoms in total. The topological polar surface area (TPSA) is 18.0 Å². The Bertz CT molecular complexity index is 524. The van der Waals surface area contributed by atoms with E-state index in [1.807, 2.05) is 0 Å². The van der Waals surface area contributed by atoms with Crippen molar-refractivity contribution in [1.29, 1.82) is 0 Å². The maximum absolute atomic E-state index is 13.1. The van der Waals surface area contributed by atoms with E-state index in [1.165, 1.54) is 17.1 Å². The van der Waals surface area contributed by atoms with E-state index in [2.05, 4.69) is 4.74 Å². The first-order valence-corrected chi connectivity index (χ1v) is 6.01. The van der Waals surface area contributed by atoms with Crippen LogP contribution >= 0.6 is 0 Å². The highest BCUT2D eigenvalue weighted by Crippen LogP contribution is 2.52. The van der Waals surface area contributed by atoms with Crippen LogP contribution in [0.15, 0.2) is 18.7 Å². The number of rotatable bonds is 7. The molecule has 0 unspecified atom stereocenters. The second-order valence-corrected chi connectivity index (χ2v) is 4.72. The lowest BCUT2D eigenvalue weighted by molar-refractivity contribution is -0.671. The van der Waals surface area contributed by atoms with Crippen molar-refractivity contribution in [2.75, 3.05) is 13.2 Å². The van der Waals surface area contributed by atoms with Gasteiger partial charge in [0.05, 0.1) is 13.7 Å². The zero-order valence-electron chi connectivity index (χ0n) is 11.6. The maximum atomic E-state index is 13.1. The fourth-order valence-electron chi connectivity index (χ4n) is 1.50. The van der Waals surface area contributed by atoms with Gasteiger partial charge < -0.3 is 4.74 Å². The van der Waals surface area contributed by atoms with Gasteiger partial charge in [-0.2, -0.15) is 39.5 Å². The third-order valence-corrected chi connectivity index (χ3v) is 2.81. The number of alkyl halides is 9. The molecule has 0 saturated carbocycles. The Morgan fingerprint density at radius 1 is 0.957 bits per heavy atom. The van der Waals surface area contributed by atoms with E-state index in [9.17, 15) is 39.5 Å². The molecule has 1 heterocycles. The normalized spacial score (nSPS) is 14.3. The van der Waals surface area contributed by atoms with Crippen molar-refractivity contribution in [2.45, 2.75) is 30.5 Å². The summed E-state index contributed by atoms with van der Waals surface area (Å²) in [7, 11) is 1.63. The number of imidazole rings is 1. The lowest BCUT2D eigenvalue weighted by atomic mass is 10.0. The lowest BCUT2D eigenvalue weighted by Crippen LogP contribution is -2.62. The van der Waals surface area contributed by atoms with Crippen molar-refractivity contribution in [2.24, 2.45) is 7.05 Å². The molecular formula is C11H12F9N2O+. The predicted molar refractivity (Wildman–Crippen MR) is 57.3 cm³/mol. The van der Waals surface area contributed by atoms with Gasteiger partial charge in [0.1, 0.15) is 25.5 Å². The average Bonchev–Trinajstić information content (AvgIpc) is 2.78. The fraction of sp³-hybridized carbons (Fsp3) is 0.727. The Labute approximate surface area is 124 Å². The largest absolute Gasteiger partial charge is 0.460 e. The molecule has 0 spiro atoms. The summed E-state index contributed by atoms with van der Waals surface area (Å²) in [4.78, 5) is 0. The molecule has 1 aromatic rings. The number of nitrogens with zero attached hydrogens (tertiary/aromatic N) is 2. The van der Waals surface area contributed by atoms with Crippen LogP contribution in [0.1, 0.15) is 0 Å². The van der Waals surface area contributed by atoms with Crippen LogP contribution in [0.25, 0.3) is 0 Å². The van der Waals surface area contributed by atoms with Crippen molar-refractivity contribution in [3.8, 4) is 0 Å². The second kappa shape index (κ2) is 6.21. The average molecular weight is 359 g/mol. The van der Waals surface area contributed by atoms with Gasteiger partial charge in [-0.3, -0.25) is 0 Å². The van der Waals surface area contributed by atoms with Gasteiger partial charge in [-0.25, -0.2) is 9.13 Å². The molecule has 134 valence electrons. The number of aryl methyl sites for hydroxylation is 1. The smallest absolute Gasteiger partial charge is 0.371 e. The first kappa shape index (κ1) is 19.6. The molecule has 12 heteroatoms. The van der Waals surface area contributed by atoms with Gasteiger partial charge in [-0.05, 0) is 0 Å². The highest BCUT2D eigenvalue weighted by Gasteiger charge is 2.81. The number of hydrogen-bond donors (Lipinski definition) is 0. The Morgan fingerprint density at radius 2 is 1.52 bits per heavy atom. The van der Waals surface area contributed by atoms with Gasteiger partial charge in [0.25, 0.3) is 0 Å². The summed E-state index contributed by atoms with van der Waals surface area (Å²) < 4.78 is 120. The van der Waals surface area contributed by atoms with E-state index >= 15 is 0 Å². The van der Waals surface area contributed by atoms with Crippen LogP contribution in [0, 0.1) is 0 Å².